The maximum absolute atomic E-state index is 12.1. The van der Waals surface area contributed by atoms with Gasteiger partial charge < -0.3 is 10.2 Å². The summed E-state index contributed by atoms with van der Waals surface area (Å²) in [5.41, 5.74) is 0.0931. The quantitative estimate of drug-likeness (QED) is 0.874. The number of nitrogens with zero attached hydrogens (tertiary/aromatic N) is 3. The summed E-state index contributed by atoms with van der Waals surface area (Å²) in [5.74, 6) is 0.579. The van der Waals surface area contributed by atoms with Gasteiger partial charge in [0, 0.05) is 18.0 Å². The van der Waals surface area contributed by atoms with E-state index in [4.69, 9.17) is 0 Å². The summed E-state index contributed by atoms with van der Waals surface area (Å²) in [6.07, 6.45) is 8.47. The molecule has 2 N–H and O–H groups in total. The highest BCUT2D eigenvalue weighted by Crippen LogP contribution is 2.42. The molecule has 0 atom stereocenters. The standard InChI is InChI=1S/C15H25N5OS/c1-20(2)15(8-4-3-5-9-15)10-16-13(21)17-14-19-18-12(22-14)11-6-7-11/h11H,3-10H2,1-2H3,(H2,16,17,19,21). The molecule has 0 unspecified atom stereocenters. The molecule has 1 aromatic heterocycles. The molecule has 0 spiro atoms. The van der Waals surface area contributed by atoms with Crippen molar-refractivity contribution in [2.45, 2.75) is 56.4 Å². The van der Waals surface area contributed by atoms with Crippen LogP contribution in [0.15, 0.2) is 0 Å². The first kappa shape index (κ1) is 15.7. The number of carbonyl (C=O) groups is 1. The van der Waals surface area contributed by atoms with Crippen LogP contribution < -0.4 is 10.6 Å². The van der Waals surface area contributed by atoms with Gasteiger partial charge in [-0.15, -0.1) is 10.2 Å². The molecule has 7 heteroatoms. The molecule has 2 fully saturated rings. The highest BCUT2D eigenvalue weighted by atomic mass is 32.1. The van der Waals surface area contributed by atoms with Crippen LogP contribution in [0.2, 0.25) is 0 Å². The Hall–Kier alpha value is -1.21. The van der Waals surface area contributed by atoms with Gasteiger partial charge in [-0.05, 0) is 39.8 Å². The molecule has 0 saturated heterocycles. The van der Waals surface area contributed by atoms with Crippen LogP contribution in [0.5, 0.6) is 0 Å². The van der Waals surface area contributed by atoms with Crippen LogP contribution in [0, 0.1) is 0 Å². The second-order valence-corrected chi connectivity index (χ2v) is 7.72. The Kier molecular flexibility index (Phi) is 4.63. The summed E-state index contributed by atoms with van der Waals surface area (Å²) in [7, 11) is 4.22. The number of aromatic nitrogens is 2. The van der Waals surface area contributed by atoms with E-state index < -0.39 is 0 Å². The normalized spacial score (nSPS) is 20.9. The van der Waals surface area contributed by atoms with E-state index in [0.29, 0.717) is 17.6 Å². The predicted molar refractivity (Wildman–Crippen MR) is 88.4 cm³/mol. The van der Waals surface area contributed by atoms with Crippen molar-refractivity contribution in [3.8, 4) is 0 Å². The Bertz CT molecular complexity index is 520. The zero-order valence-electron chi connectivity index (χ0n) is 13.4. The van der Waals surface area contributed by atoms with E-state index >= 15 is 0 Å². The van der Waals surface area contributed by atoms with Gasteiger partial charge in [-0.3, -0.25) is 5.32 Å². The topological polar surface area (TPSA) is 70.2 Å². The fourth-order valence-electron chi connectivity index (χ4n) is 3.16. The first-order valence-corrected chi connectivity index (χ1v) is 8.96. The lowest BCUT2D eigenvalue weighted by Crippen LogP contribution is -2.54. The molecule has 0 radical (unpaired) electrons. The molecular formula is C15H25N5OS. The molecule has 2 amide bonds. The van der Waals surface area contributed by atoms with Crippen molar-refractivity contribution in [2.24, 2.45) is 0 Å². The van der Waals surface area contributed by atoms with Crippen LogP contribution in [0.4, 0.5) is 9.93 Å². The van der Waals surface area contributed by atoms with Gasteiger partial charge in [0.05, 0.1) is 0 Å². The summed E-state index contributed by atoms with van der Waals surface area (Å²) in [5, 5.41) is 15.7. The number of hydrogen-bond acceptors (Lipinski definition) is 5. The van der Waals surface area contributed by atoms with Gasteiger partial charge in [-0.2, -0.15) is 0 Å². The summed E-state index contributed by atoms with van der Waals surface area (Å²) in [6, 6.07) is -0.176. The third-order valence-corrected chi connectivity index (χ3v) is 5.90. The molecule has 122 valence electrons. The van der Waals surface area contributed by atoms with E-state index in [9.17, 15) is 4.79 Å². The van der Waals surface area contributed by atoms with E-state index in [1.807, 2.05) is 0 Å². The largest absolute Gasteiger partial charge is 0.336 e. The van der Waals surface area contributed by atoms with Crippen LogP contribution in [0.1, 0.15) is 55.9 Å². The van der Waals surface area contributed by atoms with Gasteiger partial charge in [0.15, 0.2) is 0 Å². The summed E-state index contributed by atoms with van der Waals surface area (Å²) < 4.78 is 0. The third-order valence-electron chi connectivity index (χ3n) is 4.90. The lowest BCUT2D eigenvalue weighted by Gasteiger charge is -2.43. The van der Waals surface area contributed by atoms with Crippen LogP contribution in [0.25, 0.3) is 0 Å². The van der Waals surface area contributed by atoms with Gasteiger partial charge in [-0.25, -0.2) is 4.79 Å². The molecule has 0 aliphatic heterocycles. The Morgan fingerprint density at radius 2 is 2.00 bits per heavy atom. The monoisotopic (exact) mass is 323 g/mol. The first-order chi connectivity index (χ1) is 10.6. The van der Waals surface area contributed by atoms with Gasteiger partial charge in [0.1, 0.15) is 5.01 Å². The summed E-state index contributed by atoms with van der Waals surface area (Å²) in [4.78, 5) is 14.4. The van der Waals surface area contributed by atoms with E-state index in [0.717, 1.165) is 17.8 Å². The number of anilines is 1. The van der Waals surface area contributed by atoms with Crippen molar-refractivity contribution >= 4 is 22.5 Å². The molecule has 0 aromatic carbocycles. The number of rotatable bonds is 5. The van der Waals surface area contributed by atoms with Crippen LogP contribution >= 0.6 is 11.3 Å². The van der Waals surface area contributed by atoms with E-state index in [-0.39, 0.29) is 11.6 Å². The van der Waals surface area contributed by atoms with E-state index in [1.165, 1.54) is 43.4 Å². The van der Waals surface area contributed by atoms with Gasteiger partial charge in [0.25, 0.3) is 0 Å². The summed E-state index contributed by atoms with van der Waals surface area (Å²) >= 11 is 1.49. The first-order valence-electron chi connectivity index (χ1n) is 8.15. The molecule has 2 aliphatic rings. The van der Waals surface area contributed by atoms with Crippen molar-refractivity contribution in [2.75, 3.05) is 26.0 Å². The highest BCUT2D eigenvalue weighted by Gasteiger charge is 2.34. The molecule has 0 bridgehead atoms. The number of hydrogen-bond donors (Lipinski definition) is 2. The number of urea groups is 1. The van der Waals surface area contributed by atoms with Crippen molar-refractivity contribution in [1.82, 2.24) is 20.4 Å². The molecule has 3 rings (SSSR count). The highest BCUT2D eigenvalue weighted by molar-refractivity contribution is 7.15. The second-order valence-electron chi connectivity index (χ2n) is 6.71. The molecule has 1 heterocycles. The number of amides is 2. The molecule has 1 aromatic rings. The Balaban J connectivity index is 1.51. The van der Waals surface area contributed by atoms with E-state index in [1.54, 1.807) is 0 Å². The van der Waals surface area contributed by atoms with Crippen molar-refractivity contribution in [3.05, 3.63) is 5.01 Å². The Labute approximate surface area is 135 Å². The average Bonchev–Trinajstić information content (AvgIpc) is 3.26. The molecule has 2 saturated carbocycles. The molecule has 22 heavy (non-hydrogen) atoms. The fraction of sp³-hybridized carbons (Fsp3) is 0.800. The Morgan fingerprint density at radius 1 is 1.27 bits per heavy atom. The minimum absolute atomic E-state index is 0.0931. The molecular weight excluding hydrogens is 298 g/mol. The van der Waals surface area contributed by atoms with Crippen LogP contribution in [-0.4, -0.2) is 47.3 Å². The minimum atomic E-state index is -0.176. The number of nitrogens with one attached hydrogen (secondary N) is 2. The fourth-order valence-corrected chi connectivity index (χ4v) is 4.07. The third kappa shape index (κ3) is 3.57. The lowest BCUT2D eigenvalue weighted by atomic mass is 9.80. The smallest absolute Gasteiger partial charge is 0.321 e. The zero-order valence-corrected chi connectivity index (χ0v) is 14.2. The second kappa shape index (κ2) is 6.50. The van der Waals surface area contributed by atoms with Crippen molar-refractivity contribution in [1.29, 1.82) is 0 Å². The number of likely N-dealkylation sites (N-methyl/N-ethyl adjacent to an activating group) is 1. The lowest BCUT2D eigenvalue weighted by molar-refractivity contribution is 0.101. The van der Waals surface area contributed by atoms with Gasteiger partial charge >= 0.3 is 6.03 Å². The molecule has 2 aliphatic carbocycles. The van der Waals surface area contributed by atoms with Crippen molar-refractivity contribution in [3.63, 3.8) is 0 Å². The van der Waals surface area contributed by atoms with E-state index in [2.05, 4.69) is 39.8 Å². The maximum atomic E-state index is 12.1. The minimum Gasteiger partial charge on any atom is -0.336 e. The van der Waals surface area contributed by atoms with Gasteiger partial charge in [0.2, 0.25) is 5.13 Å². The average molecular weight is 323 g/mol. The van der Waals surface area contributed by atoms with Crippen LogP contribution in [0.3, 0.4) is 0 Å². The van der Waals surface area contributed by atoms with Crippen LogP contribution in [-0.2, 0) is 0 Å². The predicted octanol–water partition coefficient (Wildman–Crippen LogP) is 2.80. The van der Waals surface area contributed by atoms with Gasteiger partial charge in [-0.1, -0.05) is 30.6 Å². The number of carbonyl (C=O) groups excluding carboxylic acids is 1. The maximum Gasteiger partial charge on any atom is 0.321 e. The SMILES string of the molecule is CN(C)C1(CNC(=O)Nc2nnc(C3CC3)s2)CCCCC1. The zero-order chi connectivity index (χ0) is 15.6. The van der Waals surface area contributed by atoms with Crippen molar-refractivity contribution < 1.29 is 4.79 Å². The summed E-state index contributed by atoms with van der Waals surface area (Å²) in [6.45, 7) is 0.681. The molecule has 6 nitrogen and oxygen atoms in total. The Morgan fingerprint density at radius 3 is 2.64 bits per heavy atom.